The molecular weight excluding hydrogens is 586 g/mol. The minimum Gasteiger partial charge on any atom is -0.480 e. The van der Waals surface area contributed by atoms with Crippen LogP contribution in [0.15, 0.2) is 24.3 Å². The maximum Gasteiger partial charge on any atom is 0.322 e. The van der Waals surface area contributed by atoms with Crippen molar-refractivity contribution in [2.24, 2.45) is 0 Å². The van der Waals surface area contributed by atoms with Crippen LogP contribution in [0.5, 0.6) is 0 Å². The van der Waals surface area contributed by atoms with Gasteiger partial charge in [0.2, 0.25) is 5.91 Å². The third kappa shape index (κ3) is 36.6. The topological polar surface area (TPSA) is 92.7 Å². The summed E-state index contributed by atoms with van der Waals surface area (Å²) in [5.74, 6) is -1.34. The summed E-state index contributed by atoms with van der Waals surface area (Å²) < 4.78 is 5.88. The highest BCUT2D eigenvalue weighted by atomic mass is 16.5. The number of carboxylic acid groups (broad SMARTS) is 1. The van der Waals surface area contributed by atoms with Crippen molar-refractivity contribution in [2.75, 3.05) is 6.54 Å². The highest BCUT2D eigenvalue weighted by molar-refractivity contribution is 5.80. The molecule has 0 saturated carbocycles. The van der Waals surface area contributed by atoms with Gasteiger partial charge in [-0.3, -0.25) is 14.4 Å². The Labute approximate surface area is 290 Å². The fraction of sp³-hybridized carbons (Fsp3) is 0.829. The number of esters is 1. The smallest absolute Gasteiger partial charge is 0.322 e. The zero-order valence-electron chi connectivity index (χ0n) is 30.9. The van der Waals surface area contributed by atoms with Gasteiger partial charge >= 0.3 is 11.9 Å². The van der Waals surface area contributed by atoms with Crippen LogP contribution in [0, 0.1) is 0 Å². The Hall–Kier alpha value is -2.11. The van der Waals surface area contributed by atoms with Crippen LogP contribution in [0.2, 0.25) is 0 Å². The van der Waals surface area contributed by atoms with E-state index in [0.717, 1.165) is 57.8 Å². The molecule has 6 nitrogen and oxygen atoms in total. The molecule has 0 heterocycles. The van der Waals surface area contributed by atoms with Gasteiger partial charge < -0.3 is 15.2 Å². The maximum absolute atomic E-state index is 12.6. The summed E-state index contributed by atoms with van der Waals surface area (Å²) >= 11 is 0. The minimum atomic E-state index is -1.03. The van der Waals surface area contributed by atoms with Crippen LogP contribution in [-0.2, 0) is 19.1 Å². The van der Waals surface area contributed by atoms with E-state index in [4.69, 9.17) is 9.84 Å². The number of aliphatic carboxylic acids is 1. The van der Waals surface area contributed by atoms with Crippen molar-refractivity contribution in [1.82, 2.24) is 5.32 Å². The second-order valence-electron chi connectivity index (χ2n) is 13.5. The molecule has 1 unspecified atom stereocenters. The Balaban J connectivity index is 4.11. The van der Waals surface area contributed by atoms with Crippen molar-refractivity contribution in [1.29, 1.82) is 0 Å². The first kappa shape index (κ1) is 44.9. The number of carboxylic acids is 1. The minimum absolute atomic E-state index is 0.0952. The van der Waals surface area contributed by atoms with Crippen LogP contribution < -0.4 is 5.32 Å². The summed E-state index contributed by atoms with van der Waals surface area (Å²) in [6, 6.07) is 0. The largest absolute Gasteiger partial charge is 0.480 e. The number of rotatable bonds is 36. The van der Waals surface area contributed by atoms with Gasteiger partial charge in [-0.15, -0.1) is 0 Å². The van der Waals surface area contributed by atoms with Gasteiger partial charge in [-0.2, -0.15) is 0 Å². The van der Waals surface area contributed by atoms with E-state index in [1.807, 2.05) is 6.08 Å². The third-order valence-corrected chi connectivity index (χ3v) is 8.86. The Morgan fingerprint density at radius 1 is 0.574 bits per heavy atom. The van der Waals surface area contributed by atoms with Crippen molar-refractivity contribution in [2.45, 2.75) is 213 Å². The molecule has 0 spiro atoms. The Bertz CT molecular complexity index is 778. The van der Waals surface area contributed by atoms with Crippen LogP contribution in [0.3, 0.4) is 0 Å². The first-order valence-electron chi connectivity index (χ1n) is 20.0. The number of carbonyl (C=O) groups is 3. The van der Waals surface area contributed by atoms with Gasteiger partial charge in [0.25, 0.3) is 0 Å². The number of hydrogen-bond donors (Lipinski definition) is 2. The molecule has 274 valence electrons. The summed E-state index contributed by atoms with van der Waals surface area (Å²) in [7, 11) is 0. The van der Waals surface area contributed by atoms with E-state index in [-0.39, 0.29) is 24.5 Å². The van der Waals surface area contributed by atoms with Crippen LogP contribution in [-0.4, -0.2) is 35.6 Å². The lowest BCUT2D eigenvalue weighted by atomic mass is 10.0. The normalized spacial score (nSPS) is 12.2. The van der Waals surface area contributed by atoms with Crippen LogP contribution in [0.25, 0.3) is 0 Å². The summed E-state index contributed by atoms with van der Waals surface area (Å²) in [4.78, 5) is 34.9. The van der Waals surface area contributed by atoms with Crippen molar-refractivity contribution in [3.8, 4) is 0 Å². The van der Waals surface area contributed by atoms with Gasteiger partial charge in [-0.1, -0.05) is 167 Å². The van der Waals surface area contributed by atoms with E-state index in [1.165, 1.54) is 122 Å². The van der Waals surface area contributed by atoms with Gasteiger partial charge in [0.05, 0.1) is 0 Å². The molecule has 2 N–H and O–H groups in total. The van der Waals surface area contributed by atoms with E-state index < -0.39 is 5.97 Å². The van der Waals surface area contributed by atoms with Crippen LogP contribution in [0.1, 0.15) is 206 Å². The van der Waals surface area contributed by atoms with Crippen molar-refractivity contribution in [3.63, 3.8) is 0 Å². The third-order valence-electron chi connectivity index (χ3n) is 8.86. The summed E-state index contributed by atoms with van der Waals surface area (Å²) in [5, 5.41) is 11.1. The standard InChI is InChI=1S/C41H75NO5/c1-3-5-7-9-11-13-14-15-16-17-18-19-20-22-24-26-32-36-41(46)47-38(33-29-25-23-21-12-10-8-6-4-2)34-30-27-28-31-35-39(43)42-37-40(44)45/h21,23,29,33,38H,3-20,22,24-28,30-32,34-37H2,1-2H3,(H,42,43)(H,44,45)/b23-21-,33-29-. The van der Waals surface area contributed by atoms with Gasteiger partial charge in [0.1, 0.15) is 12.6 Å². The van der Waals surface area contributed by atoms with E-state index in [0.29, 0.717) is 12.8 Å². The predicted octanol–water partition coefficient (Wildman–Crippen LogP) is 12.0. The van der Waals surface area contributed by atoms with E-state index >= 15 is 0 Å². The van der Waals surface area contributed by atoms with E-state index in [2.05, 4.69) is 37.4 Å². The zero-order chi connectivity index (χ0) is 34.5. The molecule has 0 aliphatic rings. The summed E-state index contributed by atoms with van der Waals surface area (Å²) in [6.07, 6.45) is 43.2. The average Bonchev–Trinajstić information content (AvgIpc) is 3.05. The van der Waals surface area contributed by atoms with Crippen LogP contribution >= 0.6 is 0 Å². The highest BCUT2D eigenvalue weighted by Gasteiger charge is 2.12. The molecule has 1 atom stereocenters. The van der Waals surface area contributed by atoms with Crippen molar-refractivity contribution >= 4 is 17.8 Å². The number of ether oxygens (including phenoxy) is 1. The number of nitrogens with one attached hydrogen (secondary N) is 1. The second kappa shape index (κ2) is 36.7. The Morgan fingerprint density at radius 3 is 1.57 bits per heavy atom. The number of allylic oxidation sites excluding steroid dienone is 3. The summed E-state index contributed by atoms with van der Waals surface area (Å²) in [5.41, 5.74) is 0. The fourth-order valence-corrected chi connectivity index (χ4v) is 5.88. The van der Waals surface area contributed by atoms with Gasteiger partial charge in [0, 0.05) is 12.8 Å². The molecule has 0 aliphatic heterocycles. The number of amides is 1. The molecule has 0 rings (SSSR count). The molecule has 47 heavy (non-hydrogen) atoms. The van der Waals surface area contributed by atoms with Crippen molar-refractivity contribution < 1.29 is 24.2 Å². The lowest BCUT2D eigenvalue weighted by molar-refractivity contribution is -0.147. The quantitative estimate of drug-likeness (QED) is 0.0396. The Morgan fingerprint density at radius 2 is 1.04 bits per heavy atom. The van der Waals surface area contributed by atoms with E-state index in [9.17, 15) is 14.4 Å². The Kier molecular flexibility index (Phi) is 35.1. The molecule has 0 aliphatic carbocycles. The lowest BCUT2D eigenvalue weighted by Gasteiger charge is -2.14. The monoisotopic (exact) mass is 662 g/mol. The molecule has 1 amide bonds. The van der Waals surface area contributed by atoms with E-state index in [1.54, 1.807) is 0 Å². The molecule has 0 saturated heterocycles. The molecule has 0 radical (unpaired) electrons. The first-order valence-corrected chi connectivity index (χ1v) is 20.0. The molecule has 0 bridgehead atoms. The summed E-state index contributed by atoms with van der Waals surface area (Å²) in [6.45, 7) is 4.18. The van der Waals surface area contributed by atoms with Gasteiger partial charge in [-0.05, 0) is 51.0 Å². The van der Waals surface area contributed by atoms with Crippen LogP contribution in [0.4, 0.5) is 0 Å². The first-order chi connectivity index (χ1) is 23.0. The number of carbonyl (C=O) groups excluding carboxylic acids is 2. The molecule has 0 aromatic rings. The maximum atomic E-state index is 12.6. The highest BCUT2D eigenvalue weighted by Crippen LogP contribution is 2.16. The average molecular weight is 662 g/mol. The van der Waals surface area contributed by atoms with Gasteiger partial charge in [0.15, 0.2) is 0 Å². The molecular formula is C41H75NO5. The number of hydrogen-bond acceptors (Lipinski definition) is 4. The predicted molar refractivity (Wildman–Crippen MR) is 199 cm³/mol. The van der Waals surface area contributed by atoms with Crippen molar-refractivity contribution in [3.05, 3.63) is 24.3 Å². The SMILES string of the molecule is CCCCCC/C=C\C/C=C\C(CCCCCCC(=O)NCC(=O)O)OC(=O)CCCCCCCCCCCCCCCCCCC. The zero-order valence-corrected chi connectivity index (χ0v) is 30.9. The number of unbranched alkanes of at least 4 members (excludes halogenated alkanes) is 23. The molecule has 0 aromatic carbocycles. The molecule has 0 fully saturated rings. The fourth-order valence-electron chi connectivity index (χ4n) is 5.88. The second-order valence-corrected chi connectivity index (χ2v) is 13.5. The molecule has 0 aromatic heterocycles. The molecule has 6 heteroatoms. The van der Waals surface area contributed by atoms with Gasteiger partial charge in [-0.25, -0.2) is 0 Å². The lowest BCUT2D eigenvalue weighted by Crippen LogP contribution is -2.28.